The average molecular weight is 1420 g/mol. The summed E-state index contributed by atoms with van der Waals surface area (Å²) < 4.78 is 2.53. The number of azo groups is 2. The van der Waals surface area contributed by atoms with Crippen LogP contribution in [-0.2, 0) is 13.1 Å². The van der Waals surface area contributed by atoms with Crippen LogP contribution in [-0.4, -0.2) is 72.6 Å². The minimum atomic E-state index is -0.108. The second-order valence-corrected chi connectivity index (χ2v) is 26.6. The van der Waals surface area contributed by atoms with Gasteiger partial charge in [0.25, 0.3) is 0 Å². The van der Waals surface area contributed by atoms with Gasteiger partial charge in [-0.05, 0) is 152 Å². The smallest absolute Gasteiger partial charge is 0.379 e. The molecular weight excluding hydrogens is 1330 g/mol. The lowest BCUT2D eigenvalue weighted by Crippen LogP contribution is -2.25. The molecule has 101 heavy (non-hydrogen) atoms. The maximum atomic E-state index is 9.34. The van der Waals surface area contributed by atoms with E-state index in [1.165, 1.54) is 23.6 Å². The van der Waals surface area contributed by atoms with Crippen LogP contribution in [0.3, 0.4) is 0 Å². The third-order valence-corrected chi connectivity index (χ3v) is 19.7. The molecule has 0 unspecified atom stereocenters. The number of benzene rings is 5. The highest BCUT2D eigenvalue weighted by Crippen LogP contribution is 2.39. The summed E-state index contributed by atoms with van der Waals surface area (Å²) in [6, 6.07) is 42.6. The molecule has 0 aliphatic heterocycles. The summed E-state index contributed by atoms with van der Waals surface area (Å²) in [5.41, 5.74) is 16.0. The molecule has 5 aromatic carbocycles. The van der Waals surface area contributed by atoms with Crippen molar-refractivity contribution in [1.29, 1.82) is 10.5 Å². The molecule has 0 amide bonds. The summed E-state index contributed by atoms with van der Waals surface area (Å²) in [5, 5.41) is 45.2. The molecule has 7 aromatic rings. The van der Waals surface area contributed by atoms with Crippen molar-refractivity contribution in [3.8, 4) is 12.1 Å². The van der Waals surface area contributed by atoms with Crippen LogP contribution in [0.15, 0.2) is 189 Å². The summed E-state index contributed by atoms with van der Waals surface area (Å²) in [6.07, 6.45) is 27.7. The highest BCUT2D eigenvalue weighted by atomic mass is 35.5. The Bertz CT molecular complexity index is 4370. The van der Waals surface area contributed by atoms with E-state index in [1.54, 1.807) is 0 Å². The molecule has 0 bridgehead atoms. The number of nitriles is 2. The number of rotatable bonds is 36. The van der Waals surface area contributed by atoms with E-state index < -0.39 is 0 Å². The van der Waals surface area contributed by atoms with Crippen molar-refractivity contribution in [3.63, 3.8) is 0 Å². The van der Waals surface area contributed by atoms with E-state index in [-0.39, 0.29) is 21.7 Å². The fourth-order valence-electron chi connectivity index (χ4n) is 11.4. The van der Waals surface area contributed by atoms with Gasteiger partial charge in [0.2, 0.25) is 10.3 Å². The van der Waals surface area contributed by atoms with Crippen LogP contribution < -0.4 is 25.3 Å². The Hall–Kier alpha value is -10.1. The Balaban J connectivity index is 1.15. The van der Waals surface area contributed by atoms with Crippen molar-refractivity contribution < 1.29 is 4.58 Å². The number of nitrogens with zero attached hydrogens (tertiary/aromatic N) is 14. The first-order chi connectivity index (χ1) is 49.3. The van der Waals surface area contributed by atoms with Crippen LogP contribution in [0.2, 0.25) is 10.3 Å². The van der Waals surface area contributed by atoms with Gasteiger partial charge in [-0.25, -0.2) is 14.5 Å². The molecule has 8 rings (SSSR count). The van der Waals surface area contributed by atoms with Crippen LogP contribution in [0, 0.1) is 35.8 Å². The van der Waals surface area contributed by atoms with Gasteiger partial charge in [0.1, 0.15) is 65.6 Å². The van der Waals surface area contributed by atoms with Crippen molar-refractivity contribution in [3.05, 3.63) is 239 Å². The van der Waals surface area contributed by atoms with Gasteiger partial charge < -0.3 is 25.3 Å². The van der Waals surface area contributed by atoms with Crippen LogP contribution in [0.1, 0.15) is 144 Å². The molecule has 2 heterocycles. The predicted octanol–water partition coefficient (Wildman–Crippen LogP) is 23.2. The first-order valence-electron chi connectivity index (χ1n) is 34.9. The molecule has 518 valence electrons. The molecule has 0 fully saturated rings. The minimum absolute atomic E-state index is 0.0798. The summed E-state index contributed by atoms with van der Waals surface area (Å²) in [7, 11) is 0. The van der Waals surface area contributed by atoms with Gasteiger partial charge in [-0.15, -0.1) is 20.5 Å². The number of allylic oxidation sites excluding steroid dienone is 10. The highest BCUT2D eigenvalue weighted by Gasteiger charge is 2.19. The fourth-order valence-corrected chi connectivity index (χ4v) is 13.4. The Morgan fingerprint density at radius 3 is 1.45 bits per heavy atom. The molecule has 1 aliphatic rings. The van der Waals surface area contributed by atoms with Gasteiger partial charge in [-0.3, -0.25) is 0 Å². The lowest BCUT2D eigenvalue weighted by atomic mass is 9.93. The van der Waals surface area contributed by atoms with Gasteiger partial charge in [0.15, 0.2) is 5.71 Å². The lowest BCUT2D eigenvalue weighted by molar-refractivity contribution is -0.527. The van der Waals surface area contributed by atoms with Crippen molar-refractivity contribution in [1.82, 2.24) is 9.97 Å². The number of anilines is 5. The maximum absolute atomic E-state index is 9.34. The van der Waals surface area contributed by atoms with E-state index >= 15 is 0 Å². The number of hydrogen-bond donors (Lipinski definition) is 2. The van der Waals surface area contributed by atoms with E-state index in [9.17, 15) is 10.5 Å². The van der Waals surface area contributed by atoms with E-state index in [0.29, 0.717) is 44.5 Å². The second-order valence-electron chi connectivity index (χ2n) is 23.9. The van der Waals surface area contributed by atoms with Crippen LogP contribution in [0.25, 0.3) is 33.0 Å². The summed E-state index contributed by atoms with van der Waals surface area (Å²) in [5.74, 6) is -0.108. The molecule has 2 aromatic heterocycles. The van der Waals surface area contributed by atoms with Gasteiger partial charge in [0.05, 0.1) is 27.2 Å². The zero-order valence-corrected chi connectivity index (χ0v) is 62.3. The van der Waals surface area contributed by atoms with E-state index in [0.717, 1.165) is 194 Å². The molecule has 0 atom stereocenters. The molecule has 0 spiro atoms. The van der Waals surface area contributed by atoms with E-state index in [1.807, 2.05) is 36.4 Å². The number of nitrogens with one attached hydrogen (secondary N) is 2. The first-order valence-corrected chi connectivity index (χ1v) is 37.3. The molecular formula is C81H89Cl2N16S2+. The van der Waals surface area contributed by atoms with E-state index in [4.69, 9.17) is 36.3 Å². The summed E-state index contributed by atoms with van der Waals surface area (Å²) in [4.78, 5) is 23.3. The molecule has 0 saturated heterocycles. The molecule has 0 saturated carbocycles. The SMILES string of the molecule is [C-]#[N+]C(=Cc1sc(N=Nc2ccc(N(CC)CC)cc2NCc2ccc(C(C=CC=C(c3ccc(CNc4cc(N(CC)CC)ccc4N=Nc4nc(Cl)c(C=C(C#N)C#N)s4)cc3)c3ccc(N(CCCC)CCCC)cc3)=C3C=CC(=[N+](CCCC)CCCC)C=C3)cc2)nc1Cl)[N+]#[C-]. The minimum Gasteiger partial charge on any atom is -0.379 e. The third-order valence-electron chi connectivity index (χ3n) is 17.1. The molecule has 20 heteroatoms. The third kappa shape index (κ3) is 22.0. The Kier molecular flexibility index (Phi) is 30.6. The van der Waals surface area contributed by atoms with Gasteiger partial charge >= 0.3 is 5.82 Å². The largest absolute Gasteiger partial charge is 0.520 e. The second kappa shape index (κ2) is 40.3. The van der Waals surface area contributed by atoms with Crippen LogP contribution in [0.4, 0.5) is 50.1 Å². The normalized spacial score (nSPS) is 12.0. The lowest BCUT2D eigenvalue weighted by Gasteiger charge is -2.25. The zero-order chi connectivity index (χ0) is 71.9. The van der Waals surface area contributed by atoms with Crippen molar-refractivity contribution >= 4 is 125 Å². The average Bonchev–Trinajstić information content (AvgIpc) is 1.47. The maximum Gasteiger partial charge on any atom is 0.520 e. The summed E-state index contributed by atoms with van der Waals surface area (Å²) >= 11 is 15.2. The number of aromatic nitrogens is 2. The Labute approximate surface area is 615 Å². The number of thiazole rings is 2. The number of hydrogen-bond acceptors (Lipinski definition) is 15. The Morgan fingerprint density at radius 1 is 0.554 bits per heavy atom. The quantitative estimate of drug-likeness (QED) is 0.0128. The van der Waals surface area contributed by atoms with Crippen molar-refractivity contribution in [2.75, 3.05) is 77.7 Å². The van der Waals surface area contributed by atoms with Crippen molar-refractivity contribution in [2.24, 2.45) is 20.5 Å². The van der Waals surface area contributed by atoms with Gasteiger partial charge in [-0.2, -0.15) is 20.2 Å². The predicted molar refractivity (Wildman–Crippen MR) is 425 cm³/mol. The Morgan fingerprint density at radius 2 is 1.00 bits per heavy atom. The van der Waals surface area contributed by atoms with Crippen molar-refractivity contribution in [2.45, 2.75) is 120 Å². The fraction of sp³-hybridized carbons (Fsp3) is 0.321. The number of halogens is 2. The standard InChI is InChI=1S/C81H89Cl2N16S2/c1-11-19-46-98(47-20-12-2)65-38-34-63(35-39-65)69(61-30-26-58(27-31-61)56-88-73-51-67(96(15-5)16-6)42-44-71(73)92-94-80-90-78(82)75(100-80)50-60(54-84)55-85)24-23-25-70(64-36-40-66(41-37-64)99(48-21-13-3)49-22-14-4)62-32-28-59(29-33-62)57-89-74-52-68(97(17-7)18-8)43-45-72(74)93-95-81-91-79(83)76(101-81)53-77(86-9)87-10/h23-45,50-53,88-89H,11-22,46-49,56-57H2,1-8H3/q+1. The zero-order valence-electron chi connectivity index (χ0n) is 59.1. The molecule has 0 radical (unpaired) electrons. The van der Waals surface area contributed by atoms with Gasteiger partial charge in [0, 0.05) is 94.4 Å². The number of unbranched alkanes of at least 4 members (excludes halogenated alkanes) is 4. The van der Waals surface area contributed by atoms with Gasteiger partial charge in [-0.1, -0.05) is 178 Å². The highest BCUT2D eigenvalue weighted by molar-refractivity contribution is 7.17. The molecule has 2 N–H and O–H groups in total. The van der Waals surface area contributed by atoms with Crippen LogP contribution in [0.5, 0.6) is 0 Å². The summed E-state index contributed by atoms with van der Waals surface area (Å²) in [6.45, 7) is 40.6. The first kappa shape index (κ1) is 76.7. The molecule has 16 nitrogen and oxygen atoms in total. The monoisotopic (exact) mass is 1420 g/mol. The van der Waals surface area contributed by atoms with Crippen LogP contribution >= 0.6 is 45.9 Å². The molecule has 1 aliphatic carbocycles. The topological polar surface area (TPSA) is 168 Å². The van der Waals surface area contributed by atoms with E-state index in [2.05, 4.69) is 253 Å².